The quantitative estimate of drug-likeness (QED) is 0.795. The van der Waals surface area contributed by atoms with Gasteiger partial charge in [0, 0.05) is 19.6 Å². The number of amides is 1. The zero-order valence-corrected chi connectivity index (χ0v) is 11.7. The lowest BCUT2D eigenvalue weighted by atomic mass is 10.0. The van der Waals surface area contributed by atoms with Crippen LogP contribution in [0, 0.1) is 5.92 Å². The van der Waals surface area contributed by atoms with Gasteiger partial charge in [-0.15, -0.1) is 0 Å². The number of carbonyl (C=O) groups is 1. The molecule has 1 unspecified atom stereocenters. The monoisotopic (exact) mass is 253 g/mol. The first-order valence-corrected chi connectivity index (χ1v) is 7.46. The van der Waals surface area contributed by atoms with Crippen molar-refractivity contribution in [2.75, 3.05) is 45.8 Å². The molecule has 2 fully saturated rings. The Morgan fingerprint density at radius 2 is 2.00 bits per heavy atom. The Kier molecular flexibility index (Phi) is 5.45. The number of hydrogen-bond acceptors (Lipinski definition) is 3. The van der Waals surface area contributed by atoms with Gasteiger partial charge in [-0.25, -0.2) is 0 Å². The molecule has 2 heterocycles. The summed E-state index contributed by atoms with van der Waals surface area (Å²) in [6, 6.07) is 0. The molecular weight excluding hydrogens is 226 g/mol. The molecule has 0 aliphatic carbocycles. The third-order valence-corrected chi connectivity index (χ3v) is 4.16. The van der Waals surface area contributed by atoms with Gasteiger partial charge in [-0.05, 0) is 51.2 Å². The van der Waals surface area contributed by atoms with Crippen LogP contribution in [-0.4, -0.2) is 61.5 Å². The van der Waals surface area contributed by atoms with Crippen molar-refractivity contribution in [3.63, 3.8) is 0 Å². The average molecular weight is 253 g/mol. The zero-order valence-electron chi connectivity index (χ0n) is 11.7. The molecule has 0 radical (unpaired) electrons. The molecule has 4 heteroatoms. The van der Waals surface area contributed by atoms with Gasteiger partial charge in [0.15, 0.2) is 0 Å². The van der Waals surface area contributed by atoms with Gasteiger partial charge in [0.2, 0.25) is 5.91 Å². The van der Waals surface area contributed by atoms with Gasteiger partial charge in [-0.1, -0.05) is 6.92 Å². The van der Waals surface area contributed by atoms with Crippen LogP contribution in [0.3, 0.4) is 0 Å². The Bertz CT molecular complexity index is 262. The van der Waals surface area contributed by atoms with Gasteiger partial charge < -0.3 is 10.2 Å². The molecule has 4 nitrogen and oxygen atoms in total. The maximum absolute atomic E-state index is 12.3. The number of nitrogens with zero attached hydrogens (tertiary/aromatic N) is 2. The number of likely N-dealkylation sites (tertiary alicyclic amines) is 1. The van der Waals surface area contributed by atoms with Crippen LogP contribution in [0.15, 0.2) is 0 Å². The minimum absolute atomic E-state index is 0.327. The van der Waals surface area contributed by atoms with Gasteiger partial charge in [0.05, 0.1) is 6.54 Å². The Balaban J connectivity index is 1.78. The van der Waals surface area contributed by atoms with E-state index in [1.165, 1.54) is 19.3 Å². The van der Waals surface area contributed by atoms with Crippen molar-refractivity contribution in [3.8, 4) is 0 Å². The van der Waals surface area contributed by atoms with Crippen molar-refractivity contribution >= 4 is 5.91 Å². The maximum atomic E-state index is 12.3. The number of rotatable bonds is 2. The van der Waals surface area contributed by atoms with E-state index in [1.54, 1.807) is 0 Å². The fourth-order valence-corrected chi connectivity index (χ4v) is 2.87. The summed E-state index contributed by atoms with van der Waals surface area (Å²) in [4.78, 5) is 16.7. The SMILES string of the molecule is CC1CCCN(CC(=O)N2CCCNCC2)CC1. The summed E-state index contributed by atoms with van der Waals surface area (Å²) in [5, 5.41) is 3.34. The Morgan fingerprint density at radius 3 is 2.89 bits per heavy atom. The molecule has 0 saturated carbocycles. The minimum atomic E-state index is 0.327. The lowest BCUT2D eigenvalue weighted by Crippen LogP contribution is -2.42. The lowest BCUT2D eigenvalue weighted by Gasteiger charge is -2.25. The average Bonchev–Trinajstić information content (AvgIpc) is 2.72. The standard InChI is InChI=1S/C14H27N3O/c1-13-4-2-8-16(10-5-13)12-14(18)17-9-3-6-15-7-11-17/h13,15H,2-12H2,1H3. The van der Waals surface area contributed by atoms with Gasteiger partial charge in [0.1, 0.15) is 0 Å². The molecule has 2 aliphatic rings. The summed E-state index contributed by atoms with van der Waals surface area (Å²) in [6.07, 6.45) is 4.89. The molecule has 0 aromatic heterocycles. The molecular formula is C14H27N3O. The van der Waals surface area contributed by atoms with Crippen LogP contribution in [0.5, 0.6) is 0 Å². The second kappa shape index (κ2) is 7.10. The van der Waals surface area contributed by atoms with Gasteiger partial charge >= 0.3 is 0 Å². The topological polar surface area (TPSA) is 35.6 Å². The van der Waals surface area contributed by atoms with Crippen molar-refractivity contribution in [1.29, 1.82) is 0 Å². The summed E-state index contributed by atoms with van der Waals surface area (Å²) >= 11 is 0. The maximum Gasteiger partial charge on any atom is 0.236 e. The number of hydrogen-bond donors (Lipinski definition) is 1. The van der Waals surface area contributed by atoms with Crippen molar-refractivity contribution < 1.29 is 4.79 Å². The van der Waals surface area contributed by atoms with Crippen LogP contribution in [0.4, 0.5) is 0 Å². The van der Waals surface area contributed by atoms with Crippen LogP contribution in [-0.2, 0) is 4.79 Å². The molecule has 0 bridgehead atoms. The van der Waals surface area contributed by atoms with E-state index in [1.807, 2.05) is 4.90 Å². The van der Waals surface area contributed by atoms with Gasteiger partial charge in [-0.3, -0.25) is 9.69 Å². The van der Waals surface area contributed by atoms with Crippen LogP contribution >= 0.6 is 0 Å². The molecule has 0 aromatic rings. The van der Waals surface area contributed by atoms with E-state index in [-0.39, 0.29) is 0 Å². The van der Waals surface area contributed by atoms with E-state index in [4.69, 9.17) is 0 Å². The Labute approximate surface area is 111 Å². The fourth-order valence-electron chi connectivity index (χ4n) is 2.87. The molecule has 2 saturated heterocycles. The first kappa shape index (κ1) is 13.8. The third kappa shape index (κ3) is 4.25. The molecule has 18 heavy (non-hydrogen) atoms. The lowest BCUT2D eigenvalue weighted by molar-refractivity contribution is -0.132. The largest absolute Gasteiger partial charge is 0.340 e. The Hall–Kier alpha value is -0.610. The molecule has 1 atom stereocenters. The summed E-state index contributed by atoms with van der Waals surface area (Å²) < 4.78 is 0. The minimum Gasteiger partial charge on any atom is -0.340 e. The fraction of sp³-hybridized carbons (Fsp3) is 0.929. The van der Waals surface area contributed by atoms with Crippen LogP contribution in [0.1, 0.15) is 32.6 Å². The summed E-state index contributed by atoms with van der Waals surface area (Å²) in [5.74, 6) is 1.15. The predicted octanol–water partition coefficient (Wildman–Crippen LogP) is 0.930. The number of nitrogens with one attached hydrogen (secondary N) is 1. The van der Waals surface area contributed by atoms with E-state index in [9.17, 15) is 4.79 Å². The van der Waals surface area contributed by atoms with Gasteiger partial charge in [0.25, 0.3) is 0 Å². The Morgan fingerprint density at radius 1 is 1.11 bits per heavy atom. The highest BCUT2D eigenvalue weighted by atomic mass is 16.2. The predicted molar refractivity (Wildman–Crippen MR) is 73.5 cm³/mol. The smallest absolute Gasteiger partial charge is 0.236 e. The van der Waals surface area contributed by atoms with Crippen molar-refractivity contribution in [1.82, 2.24) is 15.1 Å². The van der Waals surface area contributed by atoms with E-state index in [0.29, 0.717) is 12.5 Å². The van der Waals surface area contributed by atoms with E-state index >= 15 is 0 Å². The molecule has 0 spiro atoms. The van der Waals surface area contributed by atoms with Crippen LogP contribution in [0.2, 0.25) is 0 Å². The van der Waals surface area contributed by atoms with E-state index in [0.717, 1.165) is 51.6 Å². The molecule has 1 amide bonds. The molecule has 2 rings (SSSR count). The highest BCUT2D eigenvalue weighted by molar-refractivity contribution is 5.78. The molecule has 0 aromatic carbocycles. The highest BCUT2D eigenvalue weighted by Crippen LogP contribution is 2.16. The highest BCUT2D eigenvalue weighted by Gasteiger charge is 2.20. The second-order valence-electron chi connectivity index (χ2n) is 5.80. The molecule has 1 N–H and O–H groups in total. The second-order valence-corrected chi connectivity index (χ2v) is 5.80. The van der Waals surface area contributed by atoms with Crippen LogP contribution < -0.4 is 5.32 Å². The summed E-state index contributed by atoms with van der Waals surface area (Å²) in [5.41, 5.74) is 0. The summed E-state index contributed by atoms with van der Waals surface area (Å²) in [6.45, 7) is 8.95. The first-order valence-electron chi connectivity index (χ1n) is 7.46. The van der Waals surface area contributed by atoms with Crippen molar-refractivity contribution in [2.45, 2.75) is 32.6 Å². The normalized spacial score (nSPS) is 27.6. The van der Waals surface area contributed by atoms with Crippen molar-refractivity contribution in [3.05, 3.63) is 0 Å². The zero-order chi connectivity index (χ0) is 12.8. The van der Waals surface area contributed by atoms with E-state index < -0.39 is 0 Å². The van der Waals surface area contributed by atoms with E-state index in [2.05, 4.69) is 17.1 Å². The molecule has 104 valence electrons. The summed E-state index contributed by atoms with van der Waals surface area (Å²) in [7, 11) is 0. The molecule has 2 aliphatic heterocycles. The third-order valence-electron chi connectivity index (χ3n) is 4.16. The number of carbonyl (C=O) groups excluding carboxylic acids is 1. The van der Waals surface area contributed by atoms with Gasteiger partial charge in [-0.2, -0.15) is 0 Å². The van der Waals surface area contributed by atoms with Crippen LogP contribution in [0.25, 0.3) is 0 Å². The first-order chi connectivity index (χ1) is 8.75. The van der Waals surface area contributed by atoms with Crippen molar-refractivity contribution in [2.24, 2.45) is 5.92 Å².